The van der Waals surface area contributed by atoms with Gasteiger partial charge in [0.2, 0.25) is 5.91 Å². The zero-order valence-electron chi connectivity index (χ0n) is 12.3. The van der Waals surface area contributed by atoms with Crippen molar-refractivity contribution in [3.8, 4) is 0 Å². The van der Waals surface area contributed by atoms with Gasteiger partial charge < -0.3 is 15.1 Å². The first-order chi connectivity index (χ1) is 9.12. The molecule has 0 atom stereocenters. The summed E-state index contributed by atoms with van der Waals surface area (Å²) in [6.07, 6.45) is 1.76. The third kappa shape index (κ3) is 4.43. The van der Waals surface area contributed by atoms with Gasteiger partial charge in [-0.25, -0.2) is 4.98 Å². The fraction of sp³-hybridized carbons (Fsp3) is 0.571. The molecule has 1 heterocycles. The van der Waals surface area contributed by atoms with Crippen LogP contribution >= 0.6 is 0 Å². The smallest absolute Gasteiger partial charge is 0.242 e. The third-order valence-corrected chi connectivity index (χ3v) is 3.03. The molecule has 0 saturated carbocycles. The quantitative estimate of drug-likeness (QED) is 0.816. The summed E-state index contributed by atoms with van der Waals surface area (Å²) in [5.41, 5.74) is 0.992. The highest BCUT2D eigenvalue weighted by atomic mass is 16.2. The molecule has 1 N–H and O–H groups in total. The van der Waals surface area contributed by atoms with E-state index < -0.39 is 0 Å². The first kappa shape index (κ1) is 15.3. The van der Waals surface area contributed by atoms with Crippen molar-refractivity contribution in [3.63, 3.8) is 0 Å². The molecule has 0 bridgehead atoms. The van der Waals surface area contributed by atoms with Crippen LogP contribution in [0.15, 0.2) is 18.3 Å². The van der Waals surface area contributed by atoms with E-state index in [2.05, 4.69) is 10.3 Å². The van der Waals surface area contributed by atoms with Crippen LogP contribution in [0, 0.1) is 0 Å². The van der Waals surface area contributed by atoms with Crippen LogP contribution in [0.3, 0.4) is 0 Å². The molecular weight excluding hydrogens is 240 g/mol. The largest absolute Gasteiger partial charge is 0.370 e. The lowest BCUT2D eigenvalue weighted by Crippen LogP contribution is -2.38. The van der Waals surface area contributed by atoms with Gasteiger partial charge in [0.05, 0.1) is 6.54 Å². The average molecular weight is 264 g/mol. The van der Waals surface area contributed by atoms with Gasteiger partial charge in [0.1, 0.15) is 5.82 Å². The van der Waals surface area contributed by atoms with E-state index in [9.17, 15) is 4.79 Å². The Hall–Kier alpha value is -1.78. The molecule has 1 aromatic rings. The summed E-state index contributed by atoms with van der Waals surface area (Å²) in [7, 11) is 1.92. The van der Waals surface area contributed by atoms with Crippen LogP contribution in [0.25, 0.3) is 0 Å². The molecule has 5 nitrogen and oxygen atoms in total. The Kier molecular flexibility index (Phi) is 6.12. The molecule has 5 heteroatoms. The number of hydrogen-bond donors (Lipinski definition) is 1. The van der Waals surface area contributed by atoms with E-state index in [0.29, 0.717) is 6.54 Å². The zero-order chi connectivity index (χ0) is 14.3. The van der Waals surface area contributed by atoms with Gasteiger partial charge in [-0.2, -0.15) is 0 Å². The second-order valence-electron chi connectivity index (χ2n) is 4.35. The molecule has 1 aromatic heterocycles. The number of hydrogen-bond acceptors (Lipinski definition) is 4. The minimum absolute atomic E-state index is 0.148. The topological polar surface area (TPSA) is 48.5 Å². The van der Waals surface area contributed by atoms with Crippen LogP contribution in [-0.4, -0.2) is 49.0 Å². The molecule has 0 spiro atoms. The number of aromatic nitrogens is 1. The van der Waals surface area contributed by atoms with Crippen LogP contribution in [0.1, 0.15) is 20.8 Å². The second-order valence-corrected chi connectivity index (χ2v) is 4.35. The van der Waals surface area contributed by atoms with Gasteiger partial charge in [0.15, 0.2) is 0 Å². The molecule has 19 heavy (non-hydrogen) atoms. The summed E-state index contributed by atoms with van der Waals surface area (Å²) in [6.45, 7) is 8.75. The van der Waals surface area contributed by atoms with Crippen LogP contribution < -0.4 is 10.2 Å². The average Bonchev–Trinajstić information content (AvgIpc) is 2.40. The number of rotatable bonds is 7. The standard InChI is InChI=1S/C14H24N4O/c1-5-15-13-10-12(8-9-16-13)17(4)11-14(19)18(6-2)7-3/h8-10H,5-7,11H2,1-4H3,(H,15,16). The molecule has 0 saturated heterocycles. The monoisotopic (exact) mass is 264 g/mol. The summed E-state index contributed by atoms with van der Waals surface area (Å²) >= 11 is 0. The molecule has 0 fully saturated rings. The van der Waals surface area contributed by atoms with E-state index in [1.807, 2.05) is 49.8 Å². The minimum Gasteiger partial charge on any atom is -0.370 e. The molecular formula is C14H24N4O. The lowest BCUT2D eigenvalue weighted by atomic mass is 10.3. The van der Waals surface area contributed by atoms with E-state index in [4.69, 9.17) is 0 Å². The summed E-state index contributed by atoms with van der Waals surface area (Å²) in [5.74, 6) is 0.983. The van der Waals surface area contributed by atoms with Gasteiger partial charge in [-0.15, -0.1) is 0 Å². The van der Waals surface area contributed by atoms with Crippen molar-refractivity contribution in [2.45, 2.75) is 20.8 Å². The van der Waals surface area contributed by atoms with E-state index in [1.54, 1.807) is 6.20 Å². The number of nitrogens with one attached hydrogen (secondary N) is 1. The van der Waals surface area contributed by atoms with Crippen LogP contribution in [-0.2, 0) is 4.79 Å². The van der Waals surface area contributed by atoms with Crippen molar-refractivity contribution in [2.75, 3.05) is 43.4 Å². The van der Waals surface area contributed by atoms with Crippen molar-refractivity contribution in [3.05, 3.63) is 18.3 Å². The van der Waals surface area contributed by atoms with Gasteiger partial charge in [0.25, 0.3) is 0 Å². The number of nitrogens with zero attached hydrogens (tertiary/aromatic N) is 3. The van der Waals surface area contributed by atoms with Crippen molar-refractivity contribution in [2.24, 2.45) is 0 Å². The highest BCUT2D eigenvalue weighted by molar-refractivity contribution is 5.81. The van der Waals surface area contributed by atoms with E-state index in [1.165, 1.54) is 0 Å². The summed E-state index contributed by atoms with van der Waals surface area (Å²) < 4.78 is 0. The number of carbonyl (C=O) groups excluding carboxylic acids is 1. The SMILES string of the molecule is CCNc1cc(N(C)CC(=O)N(CC)CC)ccn1. The molecule has 0 radical (unpaired) electrons. The lowest BCUT2D eigenvalue weighted by Gasteiger charge is -2.24. The number of pyridine rings is 1. The molecule has 0 aliphatic carbocycles. The van der Waals surface area contributed by atoms with Crippen LogP contribution in [0.5, 0.6) is 0 Å². The molecule has 1 amide bonds. The Bertz CT molecular complexity index is 404. The lowest BCUT2D eigenvalue weighted by molar-refractivity contribution is -0.129. The van der Waals surface area contributed by atoms with E-state index >= 15 is 0 Å². The Morgan fingerprint density at radius 1 is 1.32 bits per heavy atom. The van der Waals surface area contributed by atoms with Gasteiger partial charge in [0, 0.05) is 44.6 Å². The number of anilines is 2. The molecule has 0 unspecified atom stereocenters. The molecule has 1 rings (SSSR count). The number of likely N-dealkylation sites (N-methyl/N-ethyl adjacent to an activating group) is 2. The Labute approximate surface area is 115 Å². The maximum absolute atomic E-state index is 12.1. The zero-order valence-corrected chi connectivity index (χ0v) is 12.3. The van der Waals surface area contributed by atoms with Crippen molar-refractivity contribution >= 4 is 17.4 Å². The molecule has 0 aliphatic heterocycles. The molecule has 0 aliphatic rings. The second kappa shape index (κ2) is 7.61. The Morgan fingerprint density at radius 3 is 2.58 bits per heavy atom. The number of carbonyl (C=O) groups is 1. The van der Waals surface area contributed by atoms with Crippen molar-refractivity contribution in [1.29, 1.82) is 0 Å². The van der Waals surface area contributed by atoms with Crippen molar-refractivity contribution in [1.82, 2.24) is 9.88 Å². The summed E-state index contributed by atoms with van der Waals surface area (Å²) in [4.78, 5) is 20.1. The van der Waals surface area contributed by atoms with Gasteiger partial charge in [-0.1, -0.05) is 0 Å². The molecule has 0 aromatic carbocycles. The maximum atomic E-state index is 12.1. The Balaban J connectivity index is 2.69. The summed E-state index contributed by atoms with van der Waals surface area (Å²) in [5, 5.41) is 3.17. The predicted molar refractivity (Wildman–Crippen MR) is 79.6 cm³/mol. The first-order valence-electron chi connectivity index (χ1n) is 6.81. The number of amides is 1. The normalized spacial score (nSPS) is 10.1. The predicted octanol–water partition coefficient (Wildman–Crippen LogP) is 1.82. The van der Waals surface area contributed by atoms with Crippen LogP contribution in [0.4, 0.5) is 11.5 Å². The fourth-order valence-electron chi connectivity index (χ4n) is 1.91. The van der Waals surface area contributed by atoms with Crippen LogP contribution in [0.2, 0.25) is 0 Å². The molecule has 106 valence electrons. The van der Waals surface area contributed by atoms with Gasteiger partial charge in [-0.05, 0) is 26.8 Å². The minimum atomic E-state index is 0.148. The van der Waals surface area contributed by atoms with E-state index in [0.717, 1.165) is 31.1 Å². The van der Waals surface area contributed by atoms with Gasteiger partial charge >= 0.3 is 0 Å². The van der Waals surface area contributed by atoms with E-state index in [-0.39, 0.29) is 5.91 Å². The summed E-state index contributed by atoms with van der Waals surface area (Å²) in [6, 6.07) is 3.87. The highest BCUT2D eigenvalue weighted by Gasteiger charge is 2.13. The highest BCUT2D eigenvalue weighted by Crippen LogP contribution is 2.15. The van der Waals surface area contributed by atoms with Crippen molar-refractivity contribution < 1.29 is 4.79 Å². The fourth-order valence-corrected chi connectivity index (χ4v) is 1.91. The first-order valence-corrected chi connectivity index (χ1v) is 6.81. The van der Waals surface area contributed by atoms with Gasteiger partial charge in [-0.3, -0.25) is 4.79 Å². The maximum Gasteiger partial charge on any atom is 0.242 e. The Morgan fingerprint density at radius 2 is 2.00 bits per heavy atom. The third-order valence-electron chi connectivity index (χ3n) is 3.03.